The molecule has 0 heterocycles. The van der Waals surface area contributed by atoms with Crippen molar-refractivity contribution in [2.45, 2.75) is 26.3 Å². The number of anilines is 1. The molecule has 0 unspecified atom stereocenters. The van der Waals surface area contributed by atoms with Gasteiger partial charge >= 0.3 is 6.09 Å². The van der Waals surface area contributed by atoms with Gasteiger partial charge in [0, 0.05) is 10.0 Å². The number of fused-ring (bicyclic) bond motifs is 1. The first-order valence-electron chi connectivity index (χ1n) is 6.13. The Kier molecular flexibility index (Phi) is 3.73. The van der Waals surface area contributed by atoms with Gasteiger partial charge in [0.1, 0.15) is 5.82 Å². The van der Waals surface area contributed by atoms with Crippen LogP contribution in [0.4, 0.5) is 14.9 Å². The van der Waals surface area contributed by atoms with E-state index in [9.17, 15) is 14.3 Å². The van der Waals surface area contributed by atoms with Gasteiger partial charge in [-0.15, -0.1) is 0 Å². The summed E-state index contributed by atoms with van der Waals surface area (Å²) in [6.07, 6.45) is -1.03. The highest BCUT2D eigenvalue weighted by Crippen LogP contribution is 2.37. The van der Waals surface area contributed by atoms with Gasteiger partial charge in [-0.25, -0.2) is 9.18 Å². The van der Waals surface area contributed by atoms with Gasteiger partial charge in [-0.3, -0.25) is 4.90 Å². The smallest absolute Gasteiger partial charge is 0.412 e. The van der Waals surface area contributed by atoms with Crippen molar-refractivity contribution in [1.82, 2.24) is 0 Å². The van der Waals surface area contributed by atoms with Crippen molar-refractivity contribution >= 4 is 38.5 Å². The minimum Gasteiger partial charge on any atom is -0.465 e. The first kappa shape index (κ1) is 14.8. The molecule has 2 rings (SSSR count). The van der Waals surface area contributed by atoms with Crippen LogP contribution in [0.1, 0.15) is 20.8 Å². The number of hydrogen-bond acceptors (Lipinski definition) is 1. The van der Waals surface area contributed by atoms with Gasteiger partial charge in [0.15, 0.2) is 0 Å². The molecule has 0 fully saturated rings. The molecule has 0 aliphatic rings. The second-order valence-electron chi connectivity index (χ2n) is 5.55. The second kappa shape index (κ2) is 5.05. The molecule has 0 radical (unpaired) electrons. The average molecular weight is 340 g/mol. The van der Waals surface area contributed by atoms with Crippen LogP contribution in [-0.4, -0.2) is 16.7 Å². The summed E-state index contributed by atoms with van der Waals surface area (Å²) < 4.78 is 13.9. The van der Waals surface area contributed by atoms with Gasteiger partial charge in [-0.1, -0.05) is 12.1 Å². The number of nitrogens with zero attached hydrogens (tertiary/aromatic N) is 1. The summed E-state index contributed by atoms with van der Waals surface area (Å²) in [6.45, 7) is 5.47. The number of hydrogen-bond donors (Lipinski definition) is 1. The normalized spacial score (nSPS) is 11.7. The predicted octanol–water partition coefficient (Wildman–Crippen LogP) is 5.02. The van der Waals surface area contributed by atoms with Crippen molar-refractivity contribution in [3.63, 3.8) is 0 Å². The van der Waals surface area contributed by atoms with Crippen molar-refractivity contribution < 1.29 is 14.3 Å². The molecule has 0 saturated carbocycles. The molecule has 106 valence electrons. The largest absolute Gasteiger partial charge is 0.465 e. The molecule has 0 aromatic heterocycles. The van der Waals surface area contributed by atoms with E-state index in [2.05, 4.69) is 15.9 Å². The molecule has 3 nitrogen and oxygen atoms in total. The predicted molar refractivity (Wildman–Crippen MR) is 81.9 cm³/mol. The van der Waals surface area contributed by atoms with Crippen LogP contribution < -0.4 is 4.90 Å². The summed E-state index contributed by atoms with van der Waals surface area (Å²) in [5.74, 6) is -0.317. The van der Waals surface area contributed by atoms with Crippen molar-refractivity contribution in [2.24, 2.45) is 0 Å². The van der Waals surface area contributed by atoms with E-state index in [0.29, 0.717) is 10.2 Å². The molecule has 2 aromatic carbocycles. The molecular formula is C15H15BrFNO2. The summed E-state index contributed by atoms with van der Waals surface area (Å²) in [6, 6.07) is 7.83. The maximum atomic E-state index is 13.2. The van der Waals surface area contributed by atoms with E-state index in [1.54, 1.807) is 18.2 Å². The number of benzene rings is 2. The van der Waals surface area contributed by atoms with Crippen molar-refractivity contribution in [1.29, 1.82) is 0 Å². The zero-order chi connectivity index (χ0) is 15.1. The van der Waals surface area contributed by atoms with E-state index in [-0.39, 0.29) is 5.82 Å². The van der Waals surface area contributed by atoms with Crippen molar-refractivity contribution in [3.8, 4) is 0 Å². The Morgan fingerprint density at radius 1 is 1.25 bits per heavy atom. The highest BCUT2D eigenvalue weighted by molar-refractivity contribution is 9.10. The Morgan fingerprint density at radius 3 is 2.45 bits per heavy atom. The lowest BCUT2D eigenvalue weighted by Gasteiger charge is -2.34. The zero-order valence-electron chi connectivity index (χ0n) is 11.4. The molecule has 2 aromatic rings. The van der Waals surface area contributed by atoms with E-state index in [1.807, 2.05) is 20.8 Å². The molecule has 1 amide bonds. The summed E-state index contributed by atoms with van der Waals surface area (Å²) in [5.41, 5.74) is -0.0358. The minimum absolute atomic E-state index is 0.317. The van der Waals surface area contributed by atoms with Crippen LogP contribution in [0, 0.1) is 5.82 Å². The fourth-order valence-corrected chi connectivity index (χ4v) is 2.85. The summed E-state index contributed by atoms with van der Waals surface area (Å²) in [5, 5.41) is 10.9. The van der Waals surface area contributed by atoms with Gasteiger partial charge in [0.25, 0.3) is 0 Å². The molecule has 0 bridgehead atoms. The molecule has 0 atom stereocenters. The van der Waals surface area contributed by atoms with E-state index in [0.717, 1.165) is 10.8 Å². The zero-order valence-corrected chi connectivity index (χ0v) is 13.0. The molecule has 1 N–H and O–H groups in total. The second-order valence-corrected chi connectivity index (χ2v) is 6.35. The molecular weight excluding hydrogens is 325 g/mol. The third-order valence-electron chi connectivity index (χ3n) is 3.00. The maximum absolute atomic E-state index is 13.2. The van der Waals surface area contributed by atoms with Gasteiger partial charge in [-0.2, -0.15) is 0 Å². The topological polar surface area (TPSA) is 40.5 Å². The summed E-state index contributed by atoms with van der Waals surface area (Å²) in [7, 11) is 0. The van der Waals surface area contributed by atoms with Gasteiger partial charge in [0.2, 0.25) is 0 Å². The van der Waals surface area contributed by atoms with Crippen LogP contribution in [0.3, 0.4) is 0 Å². The van der Waals surface area contributed by atoms with E-state index in [4.69, 9.17) is 0 Å². The summed E-state index contributed by atoms with van der Waals surface area (Å²) >= 11 is 3.44. The molecule has 0 aliphatic carbocycles. The number of halogens is 2. The molecule has 20 heavy (non-hydrogen) atoms. The fourth-order valence-electron chi connectivity index (χ4n) is 2.18. The van der Waals surface area contributed by atoms with Crippen LogP contribution >= 0.6 is 15.9 Å². The average Bonchev–Trinajstić information content (AvgIpc) is 2.30. The van der Waals surface area contributed by atoms with E-state index >= 15 is 0 Å². The van der Waals surface area contributed by atoms with Crippen molar-refractivity contribution in [2.75, 3.05) is 4.90 Å². The van der Waals surface area contributed by atoms with Crippen LogP contribution in [0.5, 0.6) is 0 Å². The Balaban J connectivity index is 2.69. The lowest BCUT2D eigenvalue weighted by atomic mass is 10.0. The third kappa shape index (κ3) is 2.63. The Bertz CT molecular complexity index is 679. The van der Waals surface area contributed by atoms with Crippen molar-refractivity contribution in [3.05, 3.63) is 40.6 Å². The monoisotopic (exact) mass is 339 g/mol. The Labute approximate surface area is 125 Å². The molecule has 0 spiro atoms. The lowest BCUT2D eigenvalue weighted by molar-refractivity contribution is 0.195. The highest BCUT2D eigenvalue weighted by atomic mass is 79.9. The lowest BCUT2D eigenvalue weighted by Crippen LogP contribution is -2.45. The Morgan fingerprint density at radius 2 is 1.90 bits per heavy atom. The first-order chi connectivity index (χ1) is 9.21. The highest BCUT2D eigenvalue weighted by Gasteiger charge is 2.29. The first-order valence-corrected chi connectivity index (χ1v) is 6.92. The van der Waals surface area contributed by atoms with Crippen LogP contribution in [0.15, 0.2) is 34.8 Å². The van der Waals surface area contributed by atoms with E-state index in [1.165, 1.54) is 17.0 Å². The SMILES string of the molecule is CC(C)(C)N(C(=O)O)c1ccc2cc(F)ccc2c1Br. The fraction of sp³-hybridized carbons (Fsp3) is 0.267. The molecule has 5 heteroatoms. The van der Waals surface area contributed by atoms with E-state index < -0.39 is 11.6 Å². The molecule has 0 aliphatic heterocycles. The van der Waals surface area contributed by atoms with Gasteiger partial charge < -0.3 is 5.11 Å². The van der Waals surface area contributed by atoms with Gasteiger partial charge in [-0.05, 0) is 65.7 Å². The standard InChI is InChI=1S/C15H15BrFNO2/c1-15(2,3)18(14(19)20)12-7-4-9-8-10(17)5-6-11(9)13(12)16/h4-8H,1-3H3,(H,19,20). The van der Waals surface area contributed by atoms with Crippen LogP contribution in [0.25, 0.3) is 10.8 Å². The maximum Gasteiger partial charge on any atom is 0.412 e. The van der Waals surface area contributed by atoms with Crippen LogP contribution in [0.2, 0.25) is 0 Å². The van der Waals surface area contributed by atoms with Gasteiger partial charge in [0.05, 0.1) is 5.69 Å². The Hall–Kier alpha value is -1.62. The number of carboxylic acid groups (broad SMARTS) is 1. The molecule has 0 saturated heterocycles. The summed E-state index contributed by atoms with van der Waals surface area (Å²) in [4.78, 5) is 12.8. The number of carbonyl (C=O) groups is 1. The number of rotatable bonds is 1. The number of amides is 1. The quantitative estimate of drug-likeness (QED) is 0.791. The minimum atomic E-state index is -1.03. The third-order valence-corrected chi connectivity index (χ3v) is 3.83. The van der Waals surface area contributed by atoms with Crippen LogP contribution in [-0.2, 0) is 0 Å².